The van der Waals surface area contributed by atoms with Crippen LogP contribution in [0.2, 0.25) is 4.34 Å². The van der Waals surface area contributed by atoms with Crippen molar-refractivity contribution in [1.82, 2.24) is 19.8 Å². The molecule has 1 aromatic carbocycles. The van der Waals surface area contributed by atoms with E-state index in [9.17, 15) is 14.4 Å². The number of carbonyl (C=O) groups is 2. The van der Waals surface area contributed by atoms with Gasteiger partial charge in [-0.25, -0.2) is 4.79 Å². The highest BCUT2D eigenvalue weighted by molar-refractivity contribution is 7.18. The number of carbonyl (C=O) groups excluding carboxylic acids is 2. The Morgan fingerprint density at radius 1 is 1.13 bits per heavy atom. The second-order valence-electron chi connectivity index (χ2n) is 7.43. The molecule has 0 saturated carbocycles. The van der Waals surface area contributed by atoms with Crippen LogP contribution < -0.4 is 15.8 Å². The van der Waals surface area contributed by atoms with E-state index < -0.39 is 0 Å². The first-order valence-corrected chi connectivity index (χ1v) is 11.0. The minimum Gasteiger partial charge on any atom is -0.346 e. The molecule has 2 aliphatic rings. The molecule has 0 radical (unpaired) electrons. The van der Waals surface area contributed by atoms with Crippen molar-refractivity contribution >= 4 is 40.6 Å². The average Bonchev–Trinajstić information content (AvgIpc) is 3.46. The van der Waals surface area contributed by atoms with E-state index in [4.69, 9.17) is 11.6 Å². The van der Waals surface area contributed by atoms with Gasteiger partial charge in [-0.15, -0.1) is 11.3 Å². The minimum atomic E-state index is -0.223. The fourth-order valence-corrected chi connectivity index (χ4v) is 5.10. The summed E-state index contributed by atoms with van der Waals surface area (Å²) in [5, 5.41) is 3.06. The Morgan fingerprint density at radius 3 is 2.61 bits per heavy atom. The lowest BCUT2D eigenvalue weighted by Crippen LogP contribution is -2.44. The first kappa shape index (κ1) is 19.8. The van der Waals surface area contributed by atoms with E-state index in [1.54, 1.807) is 41.6 Å². The number of anilines is 1. The molecule has 4 heterocycles. The standard InChI is InChI=1S/C21H18ClN5O3S/c22-18-6-5-17(31-18)20(29)24-15-7-9-26-16(15)12-27(21(26)30)14-3-1-13(2-4-14)25-10-8-23-11-19(25)28/h1-6,8,10-11,15-16H,7,9,12H2,(H,24,29)/t15-,16-/m1/s1. The quantitative estimate of drug-likeness (QED) is 0.655. The molecule has 2 fully saturated rings. The molecular weight excluding hydrogens is 438 g/mol. The Hall–Kier alpha value is -3.17. The Balaban J connectivity index is 1.31. The summed E-state index contributed by atoms with van der Waals surface area (Å²) in [4.78, 5) is 45.4. The summed E-state index contributed by atoms with van der Waals surface area (Å²) >= 11 is 7.17. The van der Waals surface area contributed by atoms with Crippen molar-refractivity contribution in [3.63, 3.8) is 0 Å². The van der Waals surface area contributed by atoms with Crippen molar-refractivity contribution in [2.45, 2.75) is 18.5 Å². The van der Waals surface area contributed by atoms with Crippen LogP contribution in [0, 0.1) is 0 Å². The molecular formula is C21H18ClN5O3S. The highest BCUT2D eigenvalue weighted by atomic mass is 35.5. The summed E-state index contributed by atoms with van der Waals surface area (Å²) in [6.07, 6.45) is 5.12. The summed E-state index contributed by atoms with van der Waals surface area (Å²) in [6.45, 7) is 1.09. The molecule has 0 bridgehead atoms. The van der Waals surface area contributed by atoms with Crippen molar-refractivity contribution in [2.24, 2.45) is 0 Å². The lowest BCUT2D eigenvalue weighted by atomic mass is 10.1. The third kappa shape index (κ3) is 3.60. The van der Waals surface area contributed by atoms with Gasteiger partial charge in [0.05, 0.1) is 34.0 Å². The van der Waals surface area contributed by atoms with Crippen molar-refractivity contribution in [1.29, 1.82) is 0 Å². The normalized spacial score (nSPS) is 20.2. The van der Waals surface area contributed by atoms with Crippen LogP contribution in [0.3, 0.4) is 0 Å². The lowest BCUT2D eigenvalue weighted by molar-refractivity contribution is 0.0935. The molecule has 158 valence electrons. The predicted octanol–water partition coefficient (Wildman–Crippen LogP) is 2.76. The fraction of sp³-hybridized carbons (Fsp3) is 0.238. The van der Waals surface area contributed by atoms with E-state index in [0.717, 1.165) is 12.1 Å². The number of hydrogen-bond donors (Lipinski definition) is 1. The Kier molecular flexibility index (Phi) is 4.99. The molecule has 1 N–H and O–H groups in total. The van der Waals surface area contributed by atoms with Gasteiger partial charge in [0, 0.05) is 30.3 Å². The number of nitrogens with zero attached hydrogens (tertiary/aromatic N) is 4. The summed E-state index contributed by atoms with van der Waals surface area (Å²) in [6, 6.07) is 10.4. The van der Waals surface area contributed by atoms with Crippen LogP contribution in [0.15, 0.2) is 59.8 Å². The van der Waals surface area contributed by atoms with Crippen LogP contribution >= 0.6 is 22.9 Å². The van der Waals surface area contributed by atoms with Crippen molar-refractivity contribution in [3.05, 3.63) is 74.6 Å². The number of urea groups is 1. The van der Waals surface area contributed by atoms with E-state index in [0.29, 0.717) is 28.0 Å². The second-order valence-corrected chi connectivity index (χ2v) is 9.14. The zero-order chi connectivity index (χ0) is 21.5. The van der Waals surface area contributed by atoms with Crippen molar-refractivity contribution < 1.29 is 9.59 Å². The van der Waals surface area contributed by atoms with Gasteiger partial charge in [-0.2, -0.15) is 0 Å². The van der Waals surface area contributed by atoms with Crippen LogP contribution in [0.4, 0.5) is 10.5 Å². The molecule has 8 nitrogen and oxygen atoms in total. The molecule has 2 aromatic heterocycles. The Morgan fingerprint density at radius 2 is 1.90 bits per heavy atom. The average molecular weight is 456 g/mol. The van der Waals surface area contributed by atoms with E-state index in [-0.39, 0.29) is 29.6 Å². The zero-order valence-electron chi connectivity index (χ0n) is 16.3. The summed E-state index contributed by atoms with van der Waals surface area (Å²) < 4.78 is 2.06. The molecule has 3 aromatic rings. The SMILES string of the molecule is O=C(N[C@@H]1CCN2C(=O)N(c3ccc(-n4ccncc4=O)cc3)C[C@H]12)c1ccc(Cl)s1. The molecule has 0 unspecified atom stereocenters. The van der Waals surface area contributed by atoms with Crippen LogP contribution in [0.25, 0.3) is 5.69 Å². The third-order valence-corrected chi connectivity index (χ3v) is 6.90. The van der Waals surface area contributed by atoms with Crippen molar-refractivity contribution in [2.75, 3.05) is 18.0 Å². The highest BCUT2D eigenvalue weighted by Crippen LogP contribution is 2.31. The van der Waals surface area contributed by atoms with Crippen molar-refractivity contribution in [3.8, 4) is 5.69 Å². The van der Waals surface area contributed by atoms with Gasteiger partial charge in [-0.1, -0.05) is 11.6 Å². The van der Waals surface area contributed by atoms with E-state index in [1.807, 2.05) is 17.0 Å². The van der Waals surface area contributed by atoms with Crippen LogP contribution in [-0.2, 0) is 0 Å². The van der Waals surface area contributed by atoms with Gasteiger partial charge in [0.25, 0.3) is 11.5 Å². The molecule has 2 aliphatic heterocycles. The lowest BCUT2D eigenvalue weighted by Gasteiger charge is -2.20. The number of fused-ring (bicyclic) bond motifs is 1. The Labute approximate surface area is 186 Å². The van der Waals surface area contributed by atoms with E-state index >= 15 is 0 Å². The topological polar surface area (TPSA) is 87.5 Å². The molecule has 3 amide bonds. The summed E-state index contributed by atoms with van der Waals surface area (Å²) in [5.41, 5.74) is 1.22. The van der Waals surface area contributed by atoms with Crippen LogP contribution in [0.1, 0.15) is 16.1 Å². The number of rotatable bonds is 4. The largest absolute Gasteiger partial charge is 0.346 e. The molecule has 0 spiro atoms. The second kappa shape index (κ2) is 7.82. The minimum absolute atomic E-state index is 0.0743. The van der Waals surface area contributed by atoms with Gasteiger partial charge in [0.1, 0.15) is 0 Å². The molecule has 2 saturated heterocycles. The first-order chi connectivity index (χ1) is 15.0. The number of halogens is 1. The number of amides is 3. The third-order valence-electron chi connectivity index (χ3n) is 5.67. The van der Waals surface area contributed by atoms with Gasteiger partial charge in [-0.3, -0.25) is 24.0 Å². The fourth-order valence-electron chi connectivity index (χ4n) is 4.15. The maximum atomic E-state index is 13.0. The van der Waals surface area contributed by atoms with Gasteiger partial charge in [0.2, 0.25) is 0 Å². The summed E-state index contributed by atoms with van der Waals surface area (Å²) in [7, 11) is 0. The van der Waals surface area contributed by atoms with Crippen LogP contribution in [-0.4, -0.2) is 51.6 Å². The maximum absolute atomic E-state index is 13.0. The number of benzene rings is 1. The Bertz CT molecular complexity index is 1210. The number of aromatic nitrogens is 2. The van der Waals surface area contributed by atoms with Gasteiger partial charge >= 0.3 is 6.03 Å². The number of nitrogens with one attached hydrogen (secondary N) is 1. The van der Waals surface area contributed by atoms with Gasteiger partial charge < -0.3 is 10.2 Å². The van der Waals surface area contributed by atoms with Crippen LogP contribution in [0.5, 0.6) is 0 Å². The molecule has 10 heteroatoms. The highest BCUT2D eigenvalue weighted by Gasteiger charge is 2.46. The van der Waals surface area contributed by atoms with Gasteiger partial charge in [-0.05, 0) is 42.8 Å². The molecule has 2 atom stereocenters. The molecule has 31 heavy (non-hydrogen) atoms. The monoisotopic (exact) mass is 455 g/mol. The van der Waals surface area contributed by atoms with E-state index in [1.165, 1.54) is 22.1 Å². The number of thiophene rings is 1. The summed E-state index contributed by atoms with van der Waals surface area (Å²) in [5.74, 6) is -0.165. The first-order valence-electron chi connectivity index (χ1n) is 9.79. The van der Waals surface area contributed by atoms with Gasteiger partial charge in [0.15, 0.2) is 0 Å². The van der Waals surface area contributed by atoms with E-state index in [2.05, 4.69) is 10.3 Å². The maximum Gasteiger partial charge on any atom is 0.324 e. The number of hydrogen-bond acceptors (Lipinski definition) is 5. The smallest absolute Gasteiger partial charge is 0.324 e. The predicted molar refractivity (Wildman–Crippen MR) is 118 cm³/mol. The molecule has 0 aliphatic carbocycles. The molecule has 5 rings (SSSR count). The zero-order valence-corrected chi connectivity index (χ0v) is 17.8.